The van der Waals surface area contributed by atoms with Gasteiger partial charge in [0.25, 0.3) is 5.22 Å². The molecule has 0 radical (unpaired) electrons. The first-order chi connectivity index (χ1) is 33.2. The molecule has 0 spiro atoms. The molecule has 3 atom stereocenters. The van der Waals surface area contributed by atoms with Crippen LogP contribution < -0.4 is 0 Å². The molecule has 5 heterocycles. The quantitative estimate of drug-likeness (QED) is 0.0758. The maximum atomic E-state index is 11.8. The molecule has 2 amide bonds. The van der Waals surface area contributed by atoms with Crippen LogP contribution in [0.2, 0.25) is 0 Å². The fraction of sp³-hybridized carbons (Fsp3) is 0.725. The van der Waals surface area contributed by atoms with Crippen molar-refractivity contribution in [2.45, 2.75) is 240 Å². The third kappa shape index (κ3) is 23.6. The number of thioether (sulfide) groups is 5. The summed E-state index contributed by atoms with van der Waals surface area (Å²) in [5.74, 6) is 2.99. The second kappa shape index (κ2) is 32.6. The minimum atomic E-state index is -0.148. The van der Waals surface area contributed by atoms with Crippen molar-refractivity contribution in [1.29, 1.82) is 0 Å². The van der Waals surface area contributed by atoms with Gasteiger partial charge >= 0.3 is 0 Å². The van der Waals surface area contributed by atoms with Gasteiger partial charge in [-0.1, -0.05) is 175 Å². The molecule has 7 rings (SSSR count). The average molecular weight is 1100 g/mol. The zero-order chi connectivity index (χ0) is 53.7. The monoisotopic (exact) mass is 1090 g/mol. The first-order valence-corrected chi connectivity index (χ1v) is 30.5. The fourth-order valence-electron chi connectivity index (χ4n) is 6.60. The summed E-state index contributed by atoms with van der Waals surface area (Å²) in [6.07, 6.45) is 2.79. The number of imide groups is 1. The number of carbonyl (C=O) groups excluding carboxylic acids is 2. The maximum absolute atomic E-state index is 11.8. The Morgan fingerprint density at radius 3 is 1.72 bits per heavy atom. The minimum Gasteiger partial charge on any atom is -0.416 e. The molecule has 400 valence electrons. The molecule has 1 aliphatic heterocycles. The van der Waals surface area contributed by atoms with Crippen LogP contribution in [0.1, 0.15) is 205 Å². The maximum Gasteiger partial charge on any atom is 0.276 e. The summed E-state index contributed by atoms with van der Waals surface area (Å²) in [4.78, 5) is 29.2. The molecule has 71 heavy (non-hydrogen) atoms. The largest absolute Gasteiger partial charge is 0.416 e. The molecule has 4 aromatic heterocycles. The van der Waals surface area contributed by atoms with Crippen molar-refractivity contribution in [3.8, 4) is 0 Å². The Morgan fingerprint density at radius 2 is 1.23 bits per heavy atom. The van der Waals surface area contributed by atoms with Crippen LogP contribution in [0, 0.1) is 11.8 Å². The lowest BCUT2D eigenvalue weighted by Crippen LogP contribution is -2.37. The number of nitrogens with zero attached hydrogens (tertiary/aromatic N) is 10. The van der Waals surface area contributed by atoms with E-state index in [2.05, 4.69) is 163 Å². The summed E-state index contributed by atoms with van der Waals surface area (Å²) in [6.45, 7) is 44.3. The SMILES string of the molecule is CC(C)C.CC(C)SC1CC(=O)N(C(C)C)C1=O.CC(C)SC1CCC(C(C)C)c2nonc21.CC(C)Sc1nc2ccccc2s1.CC(C)Sc1nnc(C(C)C)o1.CC(C)Sc1nnnn1C(C)C. The number of para-hydroxylation sites is 1. The lowest BCUT2D eigenvalue weighted by molar-refractivity contribution is -0.140. The van der Waals surface area contributed by atoms with E-state index in [1.165, 1.54) is 26.8 Å². The van der Waals surface area contributed by atoms with Crippen molar-refractivity contribution in [3.05, 3.63) is 41.5 Å². The molecule has 2 aliphatic rings. The van der Waals surface area contributed by atoms with E-state index in [1.807, 2.05) is 75.8 Å². The number of rotatable bonds is 14. The van der Waals surface area contributed by atoms with Gasteiger partial charge in [0, 0.05) is 40.0 Å². The van der Waals surface area contributed by atoms with Gasteiger partial charge in [-0.25, -0.2) is 14.3 Å². The van der Waals surface area contributed by atoms with Crippen LogP contribution in [0.4, 0.5) is 0 Å². The van der Waals surface area contributed by atoms with E-state index in [9.17, 15) is 9.59 Å². The number of hydrogen-bond acceptors (Lipinski definition) is 18. The van der Waals surface area contributed by atoms with Crippen LogP contribution in [0.15, 0.2) is 48.0 Å². The minimum absolute atomic E-state index is 0.00670. The molecule has 0 saturated carbocycles. The highest BCUT2D eigenvalue weighted by atomic mass is 32.2. The van der Waals surface area contributed by atoms with Crippen LogP contribution >= 0.6 is 70.1 Å². The molecule has 1 aliphatic carbocycles. The fourth-order valence-corrected chi connectivity index (χ4v) is 12.7. The molecular weight excluding hydrogens is 1010 g/mol. The highest BCUT2D eigenvalue weighted by Crippen LogP contribution is 2.46. The van der Waals surface area contributed by atoms with E-state index >= 15 is 0 Å². The van der Waals surface area contributed by atoms with E-state index < -0.39 is 0 Å². The molecule has 20 heteroatoms. The summed E-state index contributed by atoms with van der Waals surface area (Å²) in [5.41, 5.74) is 3.33. The Balaban J connectivity index is 0.000000299. The molecule has 5 aromatic rings. The second-order valence-electron chi connectivity index (χ2n) is 20.4. The number of carbonyl (C=O) groups is 2. The summed E-state index contributed by atoms with van der Waals surface area (Å²) < 4.78 is 14.6. The van der Waals surface area contributed by atoms with Crippen molar-refractivity contribution >= 4 is 92.2 Å². The zero-order valence-electron chi connectivity index (χ0n) is 46.5. The van der Waals surface area contributed by atoms with Gasteiger partial charge in [-0.2, -0.15) is 0 Å². The third-order valence-electron chi connectivity index (χ3n) is 9.43. The number of tetrazole rings is 1. The summed E-state index contributed by atoms with van der Waals surface area (Å²) in [5, 5.41) is 32.1. The number of likely N-dealkylation sites (tertiary alicyclic amines) is 1. The van der Waals surface area contributed by atoms with E-state index in [4.69, 9.17) is 9.05 Å². The molecule has 1 fully saturated rings. The standard InChI is InChI=1S/C12H20N2OS.C10H17NO2S.C10H11NS2.C8H14N2OS.C7H14N4S.C4H10/c1-7(2)9-5-6-10(16-8(3)4)12-11(9)13-15-14-12;1-6(2)11-9(12)5-8(10(11)13)14-7(3)4;1-7(2)12-10-11-8-5-3-4-6-9(8)13-10;1-5(2)7-9-10-8(11-7)12-6(3)4;1-5(2)11-7(8-9-10-11)12-6(3)4;1-4(2)3/h7-10H,5-6H2,1-4H3;6-8H,5H2,1-4H3;3-7H,1-2H3;2*5-6H,1-4H3;4H,1-3H3. The Bertz CT molecular complexity index is 2220. The normalized spacial score (nSPS) is 16.7. The highest BCUT2D eigenvalue weighted by Gasteiger charge is 2.40. The van der Waals surface area contributed by atoms with Crippen LogP contribution in [0.5, 0.6) is 0 Å². The molecule has 14 nitrogen and oxygen atoms in total. The molecule has 0 bridgehead atoms. The van der Waals surface area contributed by atoms with Crippen molar-refractivity contribution in [1.82, 2.24) is 50.6 Å². The first-order valence-electron chi connectivity index (χ1n) is 25.2. The van der Waals surface area contributed by atoms with Gasteiger partial charge in [0.2, 0.25) is 22.9 Å². The van der Waals surface area contributed by atoms with Gasteiger partial charge in [0.15, 0.2) is 4.34 Å². The Morgan fingerprint density at radius 1 is 0.648 bits per heavy atom. The summed E-state index contributed by atoms with van der Waals surface area (Å²) in [6, 6.07) is 8.61. The van der Waals surface area contributed by atoms with Gasteiger partial charge in [0.05, 0.1) is 26.8 Å². The van der Waals surface area contributed by atoms with E-state index in [-0.39, 0.29) is 23.1 Å². The average Bonchev–Trinajstić information content (AvgIpc) is 4.10. The highest BCUT2D eigenvalue weighted by molar-refractivity contribution is 8.02. The molecule has 0 N–H and O–H groups in total. The lowest BCUT2D eigenvalue weighted by Gasteiger charge is -2.28. The van der Waals surface area contributed by atoms with E-state index in [0.29, 0.717) is 66.9 Å². The predicted molar refractivity (Wildman–Crippen MR) is 304 cm³/mol. The number of fused-ring (bicyclic) bond motifs is 2. The van der Waals surface area contributed by atoms with Crippen LogP contribution in [-0.4, -0.2) is 100.0 Å². The number of benzene rings is 1. The first kappa shape index (κ1) is 64.5. The number of aromatic nitrogens is 9. The third-order valence-corrected chi connectivity index (χ3v) is 15.9. The summed E-state index contributed by atoms with van der Waals surface area (Å²) >= 11 is 10.4. The Labute approximate surface area is 451 Å². The van der Waals surface area contributed by atoms with Crippen LogP contribution in [0.3, 0.4) is 0 Å². The Kier molecular flexibility index (Phi) is 29.6. The van der Waals surface area contributed by atoms with Crippen molar-refractivity contribution in [2.75, 3.05) is 0 Å². The molecule has 1 aromatic carbocycles. The second-order valence-corrected chi connectivity index (χ2v) is 29.9. The molecular formula is C51H86N10O4S6. The van der Waals surface area contributed by atoms with Crippen LogP contribution in [0.25, 0.3) is 10.2 Å². The predicted octanol–water partition coefficient (Wildman–Crippen LogP) is 15.4. The number of thiazole rings is 1. The smallest absolute Gasteiger partial charge is 0.276 e. The lowest BCUT2D eigenvalue weighted by atomic mass is 9.82. The summed E-state index contributed by atoms with van der Waals surface area (Å²) in [7, 11) is 0. The van der Waals surface area contributed by atoms with Crippen molar-refractivity contribution < 1.29 is 18.6 Å². The van der Waals surface area contributed by atoms with Crippen molar-refractivity contribution in [3.63, 3.8) is 0 Å². The number of amides is 2. The molecule has 3 unspecified atom stereocenters. The number of hydrogen-bond donors (Lipinski definition) is 0. The zero-order valence-corrected chi connectivity index (χ0v) is 51.4. The van der Waals surface area contributed by atoms with E-state index in [0.717, 1.165) is 33.9 Å². The van der Waals surface area contributed by atoms with Crippen molar-refractivity contribution in [2.24, 2.45) is 11.8 Å². The van der Waals surface area contributed by atoms with Crippen LogP contribution in [-0.2, 0) is 9.59 Å². The van der Waals surface area contributed by atoms with Gasteiger partial charge in [-0.05, 0) is 85.4 Å². The Hall–Kier alpha value is -2.65. The van der Waals surface area contributed by atoms with E-state index in [1.54, 1.807) is 46.6 Å². The van der Waals surface area contributed by atoms with Gasteiger partial charge in [-0.3, -0.25) is 14.5 Å². The topological polar surface area (TPSA) is 172 Å². The van der Waals surface area contributed by atoms with Gasteiger partial charge < -0.3 is 4.42 Å². The van der Waals surface area contributed by atoms with Gasteiger partial charge in [0.1, 0.15) is 11.4 Å². The molecule has 1 saturated heterocycles. The van der Waals surface area contributed by atoms with Gasteiger partial charge in [-0.15, -0.1) is 50.2 Å².